The molecule has 4 heteroatoms. The van der Waals surface area contributed by atoms with E-state index >= 15 is 0 Å². The largest absolute Gasteiger partial charge is 0.507 e. The molecule has 0 heterocycles. The van der Waals surface area contributed by atoms with E-state index in [1.807, 2.05) is 112 Å². The molecule has 2 N–H and O–H groups in total. The Morgan fingerprint density at radius 3 is 1.25 bits per heavy atom. The highest BCUT2D eigenvalue weighted by Crippen LogP contribution is 2.50. The van der Waals surface area contributed by atoms with Gasteiger partial charge in [-0.1, -0.05) is 103 Å². The van der Waals surface area contributed by atoms with Gasteiger partial charge in [-0.15, -0.1) is 0 Å². The summed E-state index contributed by atoms with van der Waals surface area (Å²) in [5.41, 5.74) is 9.12. The van der Waals surface area contributed by atoms with Crippen molar-refractivity contribution in [1.82, 2.24) is 0 Å². The van der Waals surface area contributed by atoms with E-state index in [2.05, 4.69) is 60.7 Å². The molecule has 0 bridgehead atoms. The molecular formula is C49H40O4. The Balaban J connectivity index is 1.32. The van der Waals surface area contributed by atoms with Crippen molar-refractivity contribution in [2.45, 2.75) is 20.8 Å². The summed E-state index contributed by atoms with van der Waals surface area (Å²) in [6, 6.07) is 50.7. The van der Waals surface area contributed by atoms with E-state index in [1.165, 1.54) is 0 Å². The van der Waals surface area contributed by atoms with Crippen molar-refractivity contribution in [3.63, 3.8) is 0 Å². The molecule has 4 nitrogen and oxygen atoms in total. The molecule has 0 spiro atoms. The molecule has 0 amide bonds. The van der Waals surface area contributed by atoms with Gasteiger partial charge in [-0.3, -0.25) is 0 Å². The van der Waals surface area contributed by atoms with Crippen LogP contribution >= 0.6 is 0 Å². The Hall–Kier alpha value is -6.52. The average Bonchev–Trinajstić information content (AvgIpc) is 3.18. The van der Waals surface area contributed by atoms with Crippen molar-refractivity contribution in [2.24, 2.45) is 0 Å². The van der Waals surface area contributed by atoms with Crippen LogP contribution in [0.15, 0.2) is 152 Å². The summed E-state index contributed by atoms with van der Waals surface area (Å²) in [5.74, 6) is 1.65. The number of phenolic OH excluding ortho intramolecular Hbond substituents is 2. The molecule has 0 aromatic heterocycles. The Bertz CT molecular complexity index is 2460. The number of ether oxygens (including phenoxy) is 2. The maximum absolute atomic E-state index is 12.2. The molecule has 260 valence electrons. The lowest BCUT2D eigenvalue weighted by Gasteiger charge is -2.22. The molecule has 0 saturated carbocycles. The van der Waals surface area contributed by atoms with Gasteiger partial charge in [0.05, 0.1) is 0 Å². The minimum atomic E-state index is 0.166. The Labute approximate surface area is 310 Å². The van der Waals surface area contributed by atoms with Gasteiger partial charge in [-0.25, -0.2) is 0 Å². The summed E-state index contributed by atoms with van der Waals surface area (Å²) in [5, 5.41) is 28.8. The van der Waals surface area contributed by atoms with E-state index in [0.29, 0.717) is 23.5 Å². The number of para-hydroxylation sites is 1. The lowest BCUT2D eigenvalue weighted by Crippen LogP contribution is -2.10. The zero-order valence-electron chi connectivity index (χ0n) is 30.1. The second kappa shape index (κ2) is 14.2. The number of hydrogen-bond donors (Lipinski definition) is 2. The highest BCUT2D eigenvalue weighted by Gasteiger charge is 2.24. The van der Waals surface area contributed by atoms with Gasteiger partial charge in [0.1, 0.15) is 36.2 Å². The number of fused-ring (bicyclic) bond motifs is 2. The number of rotatable bonds is 9. The molecule has 0 radical (unpaired) electrons. The molecule has 53 heavy (non-hydrogen) atoms. The van der Waals surface area contributed by atoms with Gasteiger partial charge in [0.2, 0.25) is 0 Å². The van der Waals surface area contributed by atoms with Crippen molar-refractivity contribution < 1.29 is 19.7 Å². The SMILES string of the molecule is Cc1cc(-c2cc(C)cc(-c3cc(C)cc(-c4cccc5ccccc45)c3O)c2OCCOc2ccccc2)c(O)c(-c2cccc3ccccc23)c1. The van der Waals surface area contributed by atoms with E-state index in [4.69, 9.17) is 9.47 Å². The first-order valence-electron chi connectivity index (χ1n) is 18.0. The van der Waals surface area contributed by atoms with Gasteiger partial charge >= 0.3 is 0 Å². The van der Waals surface area contributed by atoms with E-state index in [0.717, 1.165) is 77.4 Å². The van der Waals surface area contributed by atoms with Crippen LogP contribution in [0.5, 0.6) is 23.0 Å². The zero-order chi connectivity index (χ0) is 36.5. The normalized spacial score (nSPS) is 11.2. The van der Waals surface area contributed by atoms with Crippen LogP contribution in [-0.4, -0.2) is 23.4 Å². The molecule has 0 aliphatic carbocycles. The topological polar surface area (TPSA) is 58.9 Å². The first-order valence-corrected chi connectivity index (χ1v) is 18.0. The van der Waals surface area contributed by atoms with Gasteiger partial charge in [0, 0.05) is 33.4 Å². The standard InChI is InChI=1S/C49H40O4/c1-31-25-41(39-21-11-15-34-13-7-9-19-37(34)39)47(50)43(27-31)45-29-33(3)30-46(49(45)53-24-23-52-36-17-5-4-6-18-36)44-28-32(2)26-42(48(44)51)40-22-12-16-35-14-8-10-20-38(35)40/h4-22,25-30,50-51H,23-24H2,1-3H3. The molecule has 8 rings (SSSR count). The first-order chi connectivity index (χ1) is 25.9. The summed E-state index contributed by atoms with van der Waals surface area (Å²) in [6.45, 7) is 6.67. The smallest absolute Gasteiger partial charge is 0.135 e. The van der Waals surface area contributed by atoms with E-state index in [9.17, 15) is 10.2 Å². The van der Waals surface area contributed by atoms with Crippen LogP contribution in [0.25, 0.3) is 66.1 Å². The highest BCUT2D eigenvalue weighted by molar-refractivity contribution is 6.02. The van der Waals surface area contributed by atoms with Gasteiger partial charge in [-0.05, 0) is 119 Å². The van der Waals surface area contributed by atoms with Crippen LogP contribution in [0.1, 0.15) is 16.7 Å². The van der Waals surface area contributed by atoms with Gasteiger partial charge in [-0.2, -0.15) is 0 Å². The second-order valence-corrected chi connectivity index (χ2v) is 13.7. The lowest BCUT2D eigenvalue weighted by molar-refractivity contribution is 0.218. The van der Waals surface area contributed by atoms with Crippen molar-refractivity contribution in [3.05, 3.63) is 168 Å². The van der Waals surface area contributed by atoms with Crippen LogP contribution in [-0.2, 0) is 0 Å². The van der Waals surface area contributed by atoms with Gasteiger partial charge < -0.3 is 19.7 Å². The maximum atomic E-state index is 12.2. The predicted octanol–water partition coefficient (Wildman–Crippen LogP) is 12.5. The molecule has 0 aliphatic heterocycles. The van der Waals surface area contributed by atoms with Gasteiger partial charge in [0.25, 0.3) is 0 Å². The van der Waals surface area contributed by atoms with Crippen LogP contribution in [0.3, 0.4) is 0 Å². The maximum Gasteiger partial charge on any atom is 0.135 e. The molecule has 8 aromatic carbocycles. The second-order valence-electron chi connectivity index (χ2n) is 13.7. The highest BCUT2D eigenvalue weighted by atomic mass is 16.5. The minimum Gasteiger partial charge on any atom is -0.507 e. The fourth-order valence-corrected chi connectivity index (χ4v) is 7.45. The quantitative estimate of drug-likeness (QED) is 0.148. The van der Waals surface area contributed by atoms with Crippen molar-refractivity contribution in [2.75, 3.05) is 13.2 Å². The summed E-state index contributed by atoms with van der Waals surface area (Å²) in [7, 11) is 0. The fourth-order valence-electron chi connectivity index (χ4n) is 7.45. The zero-order valence-corrected chi connectivity index (χ0v) is 30.1. The lowest BCUT2D eigenvalue weighted by atomic mass is 9.88. The van der Waals surface area contributed by atoms with E-state index in [1.54, 1.807) is 0 Å². The molecule has 0 unspecified atom stereocenters. The van der Waals surface area contributed by atoms with Crippen molar-refractivity contribution >= 4 is 21.5 Å². The summed E-state index contributed by atoms with van der Waals surface area (Å²) in [6.07, 6.45) is 0. The average molecular weight is 693 g/mol. The van der Waals surface area contributed by atoms with Crippen molar-refractivity contribution in [1.29, 1.82) is 0 Å². The molecule has 0 fully saturated rings. The molecule has 8 aromatic rings. The third kappa shape index (κ3) is 6.56. The van der Waals surface area contributed by atoms with Crippen LogP contribution in [0.4, 0.5) is 0 Å². The fraction of sp³-hybridized carbons (Fsp3) is 0.102. The summed E-state index contributed by atoms with van der Waals surface area (Å²) >= 11 is 0. The van der Waals surface area contributed by atoms with Crippen LogP contribution in [0, 0.1) is 20.8 Å². The molecule has 0 saturated heterocycles. The number of aromatic hydroxyl groups is 2. The Morgan fingerprint density at radius 1 is 0.377 bits per heavy atom. The van der Waals surface area contributed by atoms with Crippen LogP contribution in [0.2, 0.25) is 0 Å². The molecular weight excluding hydrogens is 653 g/mol. The Kier molecular flexibility index (Phi) is 9.03. The van der Waals surface area contributed by atoms with Gasteiger partial charge in [0.15, 0.2) is 0 Å². The minimum absolute atomic E-state index is 0.166. The van der Waals surface area contributed by atoms with E-state index in [-0.39, 0.29) is 18.1 Å². The predicted molar refractivity (Wildman–Crippen MR) is 218 cm³/mol. The summed E-state index contributed by atoms with van der Waals surface area (Å²) in [4.78, 5) is 0. The van der Waals surface area contributed by atoms with Crippen molar-refractivity contribution in [3.8, 4) is 67.5 Å². The third-order valence-corrected chi connectivity index (χ3v) is 9.82. The number of phenols is 2. The van der Waals surface area contributed by atoms with E-state index < -0.39 is 0 Å². The number of aryl methyl sites for hydroxylation is 3. The van der Waals surface area contributed by atoms with Crippen LogP contribution < -0.4 is 9.47 Å². The number of hydrogen-bond acceptors (Lipinski definition) is 4. The molecule has 0 aliphatic rings. The first kappa shape index (κ1) is 33.6. The molecule has 0 atom stereocenters. The number of benzene rings is 8. The summed E-state index contributed by atoms with van der Waals surface area (Å²) < 4.78 is 12.8. The Morgan fingerprint density at radius 2 is 0.755 bits per heavy atom. The monoisotopic (exact) mass is 692 g/mol. The third-order valence-electron chi connectivity index (χ3n) is 9.82.